The van der Waals surface area contributed by atoms with Crippen molar-refractivity contribution in [1.82, 2.24) is 10.2 Å². The average molecular weight is 234 g/mol. The van der Waals surface area contributed by atoms with Crippen molar-refractivity contribution >= 4 is 28.1 Å². The van der Waals surface area contributed by atoms with Crippen LogP contribution in [0.1, 0.15) is 13.3 Å². The van der Waals surface area contributed by atoms with Gasteiger partial charge in [0.05, 0.1) is 19.3 Å². The number of aromatic nitrogens is 2. The normalized spacial score (nSPS) is 22.7. The van der Waals surface area contributed by atoms with E-state index in [4.69, 9.17) is 16.3 Å². The molecule has 0 spiro atoms. The van der Waals surface area contributed by atoms with Gasteiger partial charge in [-0.1, -0.05) is 18.3 Å². The monoisotopic (exact) mass is 233 g/mol. The van der Waals surface area contributed by atoms with Crippen molar-refractivity contribution in [3.8, 4) is 0 Å². The van der Waals surface area contributed by atoms with Crippen molar-refractivity contribution < 1.29 is 4.74 Å². The molecule has 0 bridgehead atoms. The molecule has 1 aliphatic rings. The lowest BCUT2D eigenvalue weighted by Crippen LogP contribution is -2.45. The summed E-state index contributed by atoms with van der Waals surface area (Å²) in [4.78, 5) is 2.23. The van der Waals surface area contributed by atoms with Gasteiger partial charge in [0.25, 0.3) is 0 Å². The minimum Gasteiger partial charge on any atom is -0.377 e. The van der Waals surface area contributed by atoms with Gasteiger partial charge in [-0.3, -0.25) is 0 Å². The van der Waals surface area contributed by atoms with E-state index in [0.29, 0.717) is 10.5 Å². The summed E-state index contributed by atoms with van der Waals surface area (Å²) in [7, 11) is 0. The van der Waals surface area contributed by atoms with E-state index < -0.39 is 0 Å². The fourth-order valence-electron chi connectivity index (χ4n) is 1.56. The largest absolute Gasteiger partial charge is 0.377 e. The van der Waals surface area contributed by atoms with Gasteiger partial charge in [-0.05, 0) is 18.0 Å². The number of rotatable bonds is 2. The third-order valence-electron chi connectivity index (χ3n) is 2.33. The highest BCUT2D eigenvalue weighted by atomic mass is 35.5. The standard InChI is InChI=1S/C8H12ClN3OS/c1-2-6-5-13-4-3-12(6)8-11-10-7(9)14-8/h6H,2-5H2,1H3/t6-/m1/s1. The van der Waals surface area contributed by atoms with Crippen LogP contribution in [0.2, 0.25) is 4.47 Å². The van der Waals surface area contributed by atoms with Gasteiger partial charge >= 0.3 is 0 Å². The van der Waals surface area contributed by atoms with Gasteiger partial charge < -0.3 is 9.64 Å². The lowest BCUT2D eigenvalue weighted by molar-refractivity contribution is 0.0929. The number of anilines is 1. The van der Waals surface area contributed by atoms with Gasteiger partial charge in [0.15, 0.2) is 0 Å². The number of nitrogens with zero attached hydrogens (tertiary/aromatic N) is 3. The first-order valence-corrected chi connectivity index (χ1v) is 5.84. The van der Waals surface area contributed by atoms with E-state index in [0.717, 1.165) is 31.3 Å². The summed E-state index contributed by atoms with van der Waals surface area (Å²) in [6.45, 7) is 4.56. The Morgan fingerprint density at radius 1 is 1.64 bits per heavy atom. The summed E-state index contributed by atoms with van der Waals surface area (Å²) in [6, 6.07) is 0.410. The van der Waals surface area contributed by atoms with Crippen molar-refractivity contribution in [2.75, 3.05) is 24.7 Å². The smallest absolute Gasteiger partial charge is 0.209 e. The summed E-state index contributed by atoms with van der Waals surface area (Å²) in [6.07, 6.45) is 1.05. The van der Waals surface area contributed by atoms with Crippen LogP contribution in [0.4, 0.5) is 5.13 Å². The fourth-order valence-corrected chi connectivity index (χ4v) is 2.48. The second-order valence-corrected chi connectivity index (χ2v) is 4.71. The zero-order valence-electron chi connectivity index (χ0n) is 7.94. The molecule has 0 unspecified atom stereocenters. The Bertz CT molecular complexity index is 307. The number of hydrogen-bond donors (Lipinski definition) is 0. The third kappa shape index (κ3) is 1.99. The maximum absolute atomic E-state index is 5.76. The quantitative estimate of drug-likeness (QED) is 0.781. The number of hydrogen-bond acceptors (Lipinski definition) is 5. The summed E-state index contributed by atoms with van der Waals surface area (Å²) in [5.74, 6) is 0. The average Bonchev–Trinajstić information content (AvgIpc) is 2.65. The second-order valence-electron chi connectivity index (χ2n) is 3.17. The van der Waals surface area contributed by atoms with Crippen LogP contribution >= 0.6 is 22.9 Å². The molecule has 1 aromatic rings. The van der Waals surface area contributed by atoms with Crippen molar-refractivity contribution in [3.05, 3.63) is 4.47 Å². The maximum Gasteiger partial charge on any atom is 0.209 e. The van der Waals surface area contributed by atoms with Crippen molar-refractivity contribution in [1.29, 1.82) is 0 Å². The van der Waals surface area contributed by atoms with Gasteiger partial charge in [0.2, 0.25) is 9.60 Å². The Balaban J connectivity index is 2.14. The van der Waals surface area contributed by atoms with E-state index in [1.54, 1.807) is 0 Å². The Morgan fingerprint density at radius 2 is 2.50 bits per heavy atom. The highest BCUT2D eigenvalue weighted by Gasteiger charge is 2.24. The van der Waals surface area contributed by atoms with Crippen LogP contribution in [0.25, 0.3) is 0 Å². The zero-order chi connectivity index (χ0) is 9.97. The highest BCUT2D eigenvalue weighted by Crippen LogP contribution is 2.27. The zero-order valence-corrected chi connectivity index (χ0v) is 9.51. The first-order chi connectivity index (χ1) is 6.81. The first kappa shape index (κ1) is 10.1. The van der Waals surface area contributed by atoms with Gasteiger partial charge in [0.1, 0.15) is 0 Å². The summed E-state index contributed by atoms with van der Waals surface area (Å²) >= 11 is 7.18. The molecule has 14 heavy (non-hydrogen) atoms. The fraction of sp³-hybridized carbons (Fsp3) is 0.750. The first-order valence-electron chi connectivity index (χ1n) is 4.64. The molecule has 1 aromatic heterocycles. The Hall–Kier alpha value is -0.390. The van der Waals surface area contributed by atoms with E-state index in [1.165, 1.54) is 11.3 Å². The molecule has 1 fully saturated rings. The molecule has 4 nitrogen and oxygen atoms in total. The lowest BCUT2D eigenvalue weighted by Gasteiger charge is -2.34. The molecule has 1 aliphatic heterocycles. The SMILES string of the molecule is CC[C@@H]1COCCN1c1nnc(Cl)s1. The van der Waals surface area contributed by atoms with Crippen LogP contribution in [0.5, 0.6) is 0 Å². The van der Waals surface area contributed by atoms with Crippen molar-refractivity contribution in [3.63, 3.8) is 0 Å². The third-order valence-corrected chi connectivity index (χ3v) is 3.39. The Morgan fingerprint density at radius 3 is 3.14 bits per heavy atom. The van der Waals surface area contributed by atoms with E-state index in [9.17, 15) is 0 Å². The molecule has 0 N–H and O–H groups in total. The molecule has 78 valence electrons. The molecule has 0 amide bonds. The van der Waals surface area contributed by atoms with Gasteiger partial charge in [0, 0.05) is 6.54 Å². The second kappa shape index (κ2) is 4.42. The van der Waals surface area contributed by atoms with Crippen molar-refractivity contribution in [2.45, 2.75) is 19.4 Å². The topological polar surface area (TPSA) is 38.2 Å². The molecule has 0 radical (unpaired) electrons. The number of halogens is 1. The van der Waals surface area contributed by atoms with Crippen LogP contribution in [-0.4, -0.2) is 36.0 Å². The minimum atomic E-state index is 0.410. The minimum absolute atomic E-state index is 0.410. The molecule has 1 atom stereocenters. The van der Waals surface area contributed by atoms with Crippen LogP contribution in [0.3, 0.4) is 0 Å². The molecule has 0 aliphatic carbocycles. The number of ether oxygens (including phenoxy) is 1. The predicted octanol–water partition coefficient (Wildman–Crippen LogP) is 1.81. The molecular formula is C8H12ClN3OS. The van der Waals surface area contributed by atoms with E-state index >= 15 is 0 Å². The molecule has 1 saturated heterocycles. The van der Waals surface area contributed by atoms with E-state index in [-0.39, 0.29) is 0 Å². The van der Waals surface area contributed by atoms with Gasteiger partial charge in [-0.25, -0.2) is 0 Å². The highest BCUT2D eigenvalue weighted by molar-refractivity contribution is 7.19. The molecular weight excluding hydrogens is 222 g/mol. The molecule has 0 aromatic carbocycles. The lowest BCUT2D eigenvalue weighted by atomic mass is 10.2. The molecule has 2 heterocycles. The Labute approximate surface area is 91.8 Å². The van der Waals surface area contributed by atoms with Crippen LogP contribution in [0.15, 0.2) is 0 Å². The molecule has 0 saturated carbocycles. The van der Waals surface area contributed by atoms with Crippen molar-refractivity contribution in [2.24, 2.45) is 0 Å². The van der Waals surface area contributed by atoms with Crippen LogP contribution in [0, 0.1) is 0 Å². The van der Waals surface area contributed by atoms with E-state index in [1.807, 2.05) is 0 Å². The summed E-state index contributed by atoms with van der Waals surface area (Å²) in [5.41, 5.74) is 0. The molecule has 6 heteroatoms. The summed E-state index contributed by atoms with van der Waals surface area (Å²) < 4.78 is 5.91. The Kier molecular flexibility index (Phi) is 3.20. The van der Waals surface area contributed by atoms with Gasteiger partial charge in [-0.2, -0.15) is 0 Å². The van der Waals surface area contributed by atoms with E-state index in [2.05, 4.69) is 22.0 Å². The predicted molar refractivity (Wildman–Crippen MR) is 57.2 cm³/mol. The maximum atomic E-state index is 5.76. The summed E-state index contributed by atoms with van der Waals surface area (Å²) in [5, 5.41) is 8.76. The van der Waals surface area contributed by atoms with Gasteiger partial charge in [-0.15, -0.1) is 10.2 Å². The number of morpholine rings is 1. The van der Waals surface area contributed by atoms with Crippen LogP contribution in [-0.2, 0) is 4.74 Å². The van der Waals surface area contributed by atoms with Crippen LogP contribution < -0.4 is 4.90 Å². The molecule has 2 rings (SSSR count).